The molecule has 0 fully saturated rings. The normalized spacial score (nSPS) is 11.7. The van der Waals surface area contributed by atoms with Gasteiger partial charge in [-0.25, -0.2) is 0 Å². The molecule has 0 aliphatic rings. The van der Waals surface area contributed by atoms with Crippen LogP contribution in [0.25, 0.3) is 11.1 Å². The molecule has 0 aliphatic heterocycles. The molecule has 3 rings (SSSR count). The third-order valence-corrected chi connectivity index (χ3v) is 6.01. The summed E-state index contributed by atoms with van der Waals surface area (Å²) in [5.74, 6) is -0.368. The summed E-state index contributed by atoms with van der Waals surface area (Å²) in [6, 6.07) is 26.8. The topological polar surface area (TPSA) is 61.4 Å². The maximum atomic E-state index is 13.3. The molecule has 0 saturated heterocycles. The highest BCUT2D eigenvalue weighted by Crippen LogP contribution is 2.23. The minimum Gasteiger partial charge on any atom is -0.354 e. The van der Waals surface area contributed by atoms with Crippen LogP contribution in [0, 0.1) is 0 Å². The maximum Gasteiger partial charge on any atom is 0.252 e. The smallest absolute Gasteiger partial charge is 0.252 e. The minimum absolute atomic E-state index is 0.138. The van der Waals surface area contributed by atoms with E-state index in [-0.39, 0.29) is 11.8 Å². The minimum atomic E-state index is -0.586. The molecule has 178 valence electrons. The molecule has 1 unspecified atom stereocenters. The molecular weight excluding hydrogens is 422 g/mol. The molecule has 34 heavy (non-hydrogen) atoms. The van der Waals surface area contributed by atoms with Crippen LogP contribution in [-0.4, -0.2) is 49.4 Å². The zero-order valence-corrected chi connectivity index (χ0v) is 20.2. The molecule has 0 bridgehead atoms. The molecule has 0 radical (unpaired) electrons. The van der Waals surface area contributed by atoms with E-state index in [1.165, 1.54) is 5.56 Å². The molecule has 2 N–H and O–H groups in total. The third-order valence-electron chi connectivity index (χ3n) is 6.01. The summed E-state index contributed by atoms with van der Waals surface area (Å²) in [6.07, 6.45) is 2.16. The highest BCUT2D eigenvalue weighted by atomic mass is 16.2. The Labute approximate surface area is 203 Å². The van der Waals surface area contributed by atoms with Crippen LogP contribution < -0.4 is 10.6 Å². The summed E-state index contributed by atoms with van der Waals surface area (Å²) in [6.45, 7) is 4.46. The maximum absolute atomic E-state index is 13.3. The van der Waals surface area contributed by atoms with E-state index in [2.05, 4.69) is 29.5 Å². The van der Waals surface area contributed by atoms with Crippen molar-refractivity contribution in [1.29, 1.82) is 0 Å². The average molecular weight is 458 g/mol. The van der Waals surface area contributed by atoms with Gasteiger partial charge in [0.05, 0.1) is 0 Å². The van der Waals surface area contributed by atoms with E-state index in [0.717, 1.165) is 37.1 Å². The molecule has 0 aliphatic carbocycles. The second-order valence-electron chi connectivity index (χ2n) is 8.50. The van der Waals surface area contributed by atoms with Gasteiger partial charge in [-0.05, 0) is 62.2 Å². The molecule has 0 saturated carbocycles. The second kappa shape index (κ2) is 13.3. The standard InChI is InChI=1S/C29H35N3O2/c1-3-32(2)22-12-19-27(29(34)30-21-20-23-13-6-4-7-14-23)31-28(33)26-18-11-10-17-25(26)24-15-8-5-9-16-24/h4-11,13-18,27H,3,12,19-22H2,1-2H3,(H,30,34)(H,31,33). The quantitative estimate of drug-likeness (QED) is 0.420. The Morgan fingerprint density at radius 3 is 2.24 bits per heavy atom. The fourth-order valence-electron chi connectivity index (χ4n) is 3.88. The van der Waals surface area contributed by atoms with Crippen LogP contribution in [-0.2, 0) is 11.2 Å². The Morgan fingerprint density at radius 1 is 0.882 bits per heavy atom. The van der Waals surface area contributed by atoms with E-state index >= 15 is 0 Å². The third kappa shape index (κ3) is 7.56. The van der Waals surface area contributed by atoms with E-state index in [0.29, 0.717) is 18.5 Å². The highest BCUT2D eigenvalue weighted by Gasteiger charge is 2.22. The van der Waals surface area contributed by atoms with E-state index in [1.807, 2.05) is 84.9 Å². The average Bonchev–Trinajstić information content (AvgIpc) is 2.89. The van der Waals surface area contributed by atoms with Crippen LogP contribution in [0.3, 0.4) is 0 Å². The predicted octanol–water partition coefficient (Wildman–Crippen LogP) is 4.54. The van der Waals surface area contributed by atoms with Gasteiger partial charge in [-0.1, -0.05) is 85.8 Å². The Balaban J connectivity index is 1.69. The molecule has 1 atom stereocenters. The van der Waals surface area contributed by atoms with Gasteiger partial charge in [-0.3, -0.25) is 9.59 Å². The lowest BCUT2D eigenvalue weighted by atomic mass is 9.98. The first-order chi connectivity index (χ1) is 16.6. The lowest BCUT2D eigenvalue weighted by Crippen LogP contribution is -2.47. The zero-order chi connectivity index (χ0) is 24.2. The van der Waals surface area contributed by atoms with Gasteiger partial charge in [0.15, 0.2) is 0 Å². The van der Waals surface area contributed by atoms with E-state index in [9.17, 15) is 9.59 Å². The first-order valence-corrected chi connectivity index (χ1v) is 12.0. The van der Waals surface area contributed by atoms with Crippen LogP contribution in [0.4, 0.5) is 0 Å². The van der Waals surface area contributed by atoms with Gasteiger partial charge in [0.2, 0.25) is 5.91 Å². The van der Waals surface area contributed by atoms with Crippen molar-refractivity contribution in [1.82, 2.24) is 15.5 Å². The number of carbonyl (C=O) groups is 2. The van der Waals surface area contributed by atoms with Crippen molar-refractivity contribution in [3.8, 4) is 11.1 Å². The number of benzene rings is 3. The van der Waals surface area contributed by atoms with Gasteiger partial charge in [-0.2, -0.15) is 0 Å². The summed E-state index contributed by atoms with van der Waals surface area (Å²) in [5.41, 5.74) is 3.57. The van der Waals surface area contributed by atoms with Crippen LogP contribution in [0.5, 0.6) is 0 Å². The number of carbonyl (C=O) groups excluding carboxylic acids is 2. The molecular formula is C29H35N3O2. The SMILES string of the molecule is CCN(C)CCCC(NC(=O)c1ccccc1-c1ccccc1)C(=O)NCCc1ccccc1. The zero-order valence-electron chi connectivity index (χ0n) is 20.2. The molecule has 0 aromatic heterocycles. The second-order valence-corrected chi connectivity index (χ2v) is 8.50. The van der Waals surface area contributed by atoms with E-state index in [1.54, 1.807) is 0 Å². The number of amides is 2. The number of rotatable bonds is 12. The van der Waals surface area contributed by atoms with Crippen molar-refractivity contribution in [3.63, 3.8) is 0 Å². The van der Waals surface area contributed by atoms with Crippen molar-refractivity contribution in [3.05, 3.63) is 96.1 Å². The van der Waals surface area contributed by atoms with Crippen LogP contribution in [0.1, 0.15) is 35.7 Å². The van der Waals surface area contributed by atoms with Crippen molar-refractivity contribution < 1.29 is 9.59 Å². The highest BCUT2D eigenvalue weighted by molar-refractivity contribution is 6.02. The summed E-state index contributed by atoms with van der Waals surface area (Å²) in [5, 5.41) is 6.03. The molecule has 5 heteroatoms. The van der Waals surface area contributed by atoms with Gasteiger partial charge in [0.1, 0.15) is 6.04 Å². The molecule has 5 nitrogen and oxygen atoms in total. The van der Waals surface area contributed by atoms with Crippen molar-refractivity contribution in [2.45, 2.75) is 32.2 Å². The Morgan fingerprint density at radius 2 is 1.53 bits per heavy atom. The van der Waals surface area contributed by atoms with E-state index < -0.39 is 6.04 Å². The number of nitrogens with zero attached hydrogens (tertiary/aromatic N) is 1. The van der Waals surface area contributed by atoms with Crippen molar-refractivity contribution >= 4 is 11.8 Å². The number of hydrogen-bond acceptors (Lipinski definition) is 3. The first-order valence-electron chi connectivity index (χ1n) is 12.0. The fourth-order valence-corrected chi connectivity index (χ4v) is 3.88. The van der Waals surface area contributed by atoms with Gasteiger partial charge in [-0.15, -0.1) is 0 Å². The molecule has 2 amide bonds. The summed E-state index contributed by atoms with van der Waals surface area (Å²) in [7, 11) is 2.06. The molecule has 0 spiro atoms. The van der Waals surface area contributed by atoms with Crippen molar-refractivity contribution in [2.24, 2.45) is 0 Å². The Bertz CT molecular complexity index is 1040. The first kappa shape index (κ1) is 25.2. The van der Waals surface area contributed by atoms with Gasteiger partial charge in [0, 0.05) is 12.1 Å². The van der Waals surface area contributed by atoms with E-state index in [4.69, 9.17) is 0 Å². The lowest BCUT2D eigenvalue weighted by molar-refractivity contribution is -0.123. The van der Waals surface area contributed by atoms with Crippen molar-refractivity contribution in [2.75, 3.05) is 26.7 Å². The Hall–Kier alpha value is -3.44. The van der Waals surface area contributed by atoms with Crippen LogP contribution in [0.2, 0.25) is 0 Å². The number of hydrogen-bond donors (Lipinski definition) is 2. The van der Waals surface area contributed by atoms with Gasteiger partial charge >= 0.3 is 0 Å². The lowest BCUT2D eigenvalue weighted by Gasteiger charge is -2.21. The Kier molecular flexibility index (Phi) is 9.86. The van der Waals surface area contributed by atoms with Gasteiger partial charge < -0.3 is 15.5 Å². The summed E-state index contributed by atoms with van der Waals surface area (Å²) in [4.78, 5) is 28.6. The summed E-state index contributed by atoms with van der Waals surface area (Å²) < 4.78 is 0. The van der Waals surface area contributed by atoms with Crippen LogP contribution >= 0.6 is 0 Å². The monoisotopic (exact) mass is 457 g/mol. The number of nitrogens with one attached hydrogen (secondary N) is 2. The summed E-state index contributed by atoms with van der Waals surface area (Å²) >= 11 is 0. The predicted molar refractivity (Wildman–Crippen MR) is 139 cm³/mol. The van der Waals surface area contributed by atoms with Gasteiger partial charge in [0.25, 0.3) is 5.91 Å². The molecule has 0 heterocycles. The van der Waals surface area contributed by atoms with Crippen LogP contribution in [0.15, 0.2) is 84.9 Å². The largest absolute Gasteiger partial charge is 0.354 e. The fraction of sp³-hybridized carbons (Fsp3) is 0.310. The molecule has 3 aromatic rings. The molecule has 3 aromatic carbocycles.